The maximum Gasteiger partial charge on any atom is 0.270 e. The monoisotopic (exact) mass is 458 g/mol. The lowest BCUT2D eigenvalue weighted by Crippen LogP contribution is -2.45. The lowest BCUT2D eigenvalue weighted by atomic mass is 9.74. The first-order valence-electron chi connectivity index (χ1n) is 12.1. The van der Waals surface area contributed by atoms with E-state index in [0.29, 0.717) is 25.4 Å². The molecule has 3 aliphatic heterocycles. The van der Waals surface area contributed by atoms with E-state index < -0.39 is 5.60 Å². The van der Waals surface area contributed by atoms with E-state index in [9.17, 15) is 14.3 Å². The zero-order valence-electron chi connectivity index (χ0n) is 20.1. The highest BCUT2D eigenvalue weighted by molar-refractivity contribution is 5.98. The smallest absolute Gasteiger partial charge is 0.270 e. The van der Waals surface area contributed by atoms with E-state index in [2.05, 4.69) is 6.92 Å². The van der Waals surface area contributed by atoms with Gasteiger partial charge in [0.1, 0.15) is 11.5 Å². The molecule has 4 heterocycles. The van der Waals surface area contributed by atoms with Gasteiger partial charge in [-0.1, -0.05) is 0 Å². The predicted molar refractivity (Wildman–Crippen MR) is 124 cm³/mol. The van der Waals surface area contributed by atoms with Gasteiger partial charge >= 0.3 is 0 Å². The van der Waals surface area contributed by atoms with E-state index >= 15 is 0 Å². The van der Waals surface area contributed by atoms with Crippen LogP contribution in [-0.4, -0.2) is 63.6 Å². The van der Waals surface area contributed by atoms with Crippen molar-refractivity contribution < 1.29 is 23.8 Å². The van der Waals surface area contributed by atoms with Gasteiger partial charge < -0.3 is 24.0 Å². The molecule has 1 aromatic heterocycles. The Morgan fingerprint density at radius 2 is 1.94 bits per heavy atom. The summed E-state index contributed by atoms with van der Waals surface area (Å²) in [5.41, 5.74) is 0.293. The summed E-state index contributed by atoms with van der Waals surface area (Å²) in [6.07, 6.45) is 4.30. The van der Waals surface area contributed by atoms with Crippen molar-refractivity contribution in [3.05, 3.63) is 35.8 Å². The molecule has 6 nitrogen and oxygen atoms in total. The number of halogens is 1. The van der Waals surface area contributed by atoms with Crippen LogP contribution in [0.2, 0.25) is 0 Å². The van der Waals surface area contributed by atoms with Crippen molar-refractivity contribution in [3.63, 3.8) is 0 Å². The van der Waals surface area contributed by atoms with E-state index in [-0.39, 0.29) is 34.9 Å². The van der Waals surface area contributed by atoms with Gasteiger partial charge in [0.15, 0.2) is 0 Å². The molecule has 33 heavy (non-hydrogen) atoms. The summed E-state index contributed by atoms with van der Waals surface area (Å²) in [4.78, 5) is 15.2. The average molecular weight is 459 g/mol. The normalized spacial score (nSPS) is 29.9. The lowest BCUT2D eigenvalue weighted by Gasteiger charge is -2.39. The number of rotatable bonds is 3. The molecule has 1 aromatic carbocycles. The SMILES string of the molecule is Cn1c(C(=O)N2CCC3(CC2)CO[C@H]([C@@]2(C)CC[C@@H](C(C)(C)O)O2)C3)cc2cc(F)ccc21. The molecule has 7 heteroatoms. The van der Waals surface area contributed by atoms with Crippen molar-refractivity contribution in [1.82, 2.24) is 9.47 Å². The van der Waals surface area contributed by atoms with Gasteiger partial charge in [-0.15, -0.1) is 0 Å². The van der Waals surface area contributed by atoms with Crippen LogP contribution in [0.15, 0.2) is 24.3 Å². The van der Waals surface area contributed by atoms with Gasteiger partial charge in [-0.3, -0.25) is 4.79 Å². The third-order valence-electron chi connectivity index (χ3n) is 8.33. The van der Waals surface area contributed by atoms with Crippen molar-refractivity contribution in [2.75, 3.05) is 19.7 Å². The van der Waals surface area contributed by atoms with Crippen molar-refractivity contribution in [2.45, 2.75) is 76.3 Å². The number of aryl methyl sites for hydroxylation is 1. The fraction of sp³-hybridized carbons (Fsp3) is 0.654. The number of aromatic nitrogens is 1. The van der Waals surface area contributed by atoms with Crippen LogP contribution >= 0.6 is 0 Å². The van der Waals surface area contributed by atoms with Crippen LogP contribution < -0.4 is 0 Å². The molecule has 2 aromatic rings. The number of aliphatic hydroxyl groups is 1. The number of hydrogen-bond acceptors (Lipinski definition) is 4. The number of ether oxygens (including phenoxy) is 2. The van der Waals surface area contributed by atoms with Crippen molar-refractivity contribution in [2.24, 2.45) is 12.5 Å². The molecule has 3 aliphatic rings. The van der Waals surface area contributed by atoms with Gasteiger partial charge in [-0.05, 0) is 82.6 Å². The van der Waals surface area contributed by atoms with Crippen LogP contribution in [0.5, 0.6) is 0 Å². The number of carbonyl (C=O) groups excluding carboxylic acids is 1. The van der Waals surface area contributed by atoms with Crippen LogP contribution in [0.1, 0.15) is 63.4 Å². The van der Waals surface area contributed by atoms with Gasteiger partial charge in [-0.2, -0.15) is 0 Å². The van der Waals surface area contributed by atoms with E-state index in [1.54, 1.807) is 26.0 Å². The van der Waals surface area contributed by atoms with Crippen molar-refractivity contribution in [1.29, 1.82) is 0 Å². The minimum absolute atomic E-state index is 0.00136. The van der Waals surface area contributed by atoms with Gasteiger partial charge in [0.2, 0.25) is 0 Å². The maximum atomic E-state index is 13.6. The molecule has 0 radical (unpaired) electrons. The molecule has 0 saturated carbocycles. The summed E-state index contributed by atoms with van der Waals surface area (Å²) in [6.45, 7) is 7.80. The van der Waals surface area contributed by atoms with E-state index in [1.165, 1.54) is 12.1 Å². The Morgan fingerprint density at radius 1 is 1.21 bits per heavy atom. The molecule has 1 N–H and O–H groups in total. The largest absolute Gasteiger partial charge is 0.388 e. The zero-order valence-corrected chi connectivity index (χ0v) is 20.1. The predicted octanol–water partition coefficient (Wildman–Crippen LogP) is 4.04. The molecule has 0 aliphatic carbocycles. The minimum atomic E-state index is -0.854. The summed E-state index contributed by atoms with van der Waals surface area (Å²) in [7, 11) is 1.86. The second-order valence-corrected chi connectivity index (χ2v) is 11.2. The molecule has 1 amide bonds. The standard InChI is InChI=1S/C26H35FN2O4/c1-24(2,31)21-7-8-25(3,33-21)22-15-26(16-32-22)9-11-29(12-10-26)23(30)20-14-17-13-18(27)5-6-19(17)28(20)4/h5-6,13-14,21-22,31H,7-12,15-16H2,1-4H3/t21-,22-,25+/m0/s1. The minimum Gasteiger partial charge on any atom is -0.388 e. The fourth-order valence-electron chi connectivity index (χ4n) is 6.00. The molecule has 3 fully saturated rings. The molecule has 0 unspecified atom stereocenters. The molecular weight excluding hydrogens is 423 g/mol. The van der Waals surface area contributed by atoms with Gasteiger partial charge in [0, 0.05) is 31.0 Å². The Morgan fingerprint density at radius 3 is 2.61 bits per heavy atom. The summed E-state index contributed by atoms with van der Waals surface area (Å²) >= 11 is 0. The van der Waals surface area contributed by atoms with Crippen LogP contribution in [0.4, 0.5) is 4.39 Å². The number of nitrogens with zero attached hydrogens (tertiary/aromatic N) is 2. The Kier molecular flexibility index (Phi) is 5.38. The number of benzene rings is 1. The third-order valence-corrected chi connectivity index (χ3v) is 8.33. The number of likely N-dealkylation sites (tertiary alicyclic amines) is 1. The fourth-order valence-corrected chi connectivity index (χ4v) is 6.00. The summed E-state index contributed by atoms with van der Waals surface area (Å²) in [5, 5.41) is 11.1. The molecule has 5 rings (SSSR count). The van der Waals surface area contributed by atoms with Crippen LogP contribution in [0.3, 0.4) is 0 Å². The average Bonchev–Trinajstić information content (AvgIpc) is 3.45. The molecule has 180 valence electrons. The second kappa shape index (κ2) is 7.79. The van der Waals surface area contributed by atoms with Crippen LogP contribution in [0.25, 0.3) is 10.9 Å². The van der Waals surface area contributed by atoms with Crippen LogP contribution in [0, 0.1) is 11.2 Å². The number of carbonyl (C=O) groups is 1. The molecular formula is C26H35FN2O4. The van der Waals surface area contributed by atoms with Gasteiger partial charge in [0.05, 0.1) is 30.0 Å². The third kappa shape index (κ3) is 3.98. The zero-order chi connectivity index (χ0) is 23.6. The van der Waals surface area contributed by atoms with Gasteiger partial charge in [0.25, 0.3) is 5.91 Å². The number of piperidine rings is 1. The highest BCUT2D eigenvalue weighted by Crippen LogP contribution is 2.49. The molecule has 3 saturated heterocycles. The quantitative estimate of drug-likeness (QED) is 0.754. The first kappa shape index (κ1) is 22.8. The number of amides is 1. The lowest BCUT2D eigenvalue weighted by molar-refractivity contribution is -0.155. The highest BCUT2D eigenvalue weighted by atomic mass is 19.1. The topological polar surface area (TPSA) is 63.9 Å². The number of fused-ring (bicyclic) bond motifs is 1. The highest BCUT2D eigenvalue weighted by Gasteiger charge is 2.53. The molecule has 3 atom stereocenters. The van der Waals surface area contributed by atoms with Gasteiger partial charge in [-0.25, -0.2) is 4.39 Å². The van der Waals surface area contributed by atoms with E-state index in [0.717, 1.165) is 43.0 Å². The molecule has 1 spiro atoms. The Labute approximate surface area is 194 Å². The summed E-state index contributed by atoms with van der Waals surface area (Å²) in [5.74, 6) is -0.296. The van der Waals surface area contributed by atoms with E-state index in [1.807, 2.05) is 16.5 Å². The Hall–Kier alpha value is -1.96. The summed E-state index contributed by atoms with van der Waals surface area (Å²) < 4.78 is 28.1. The van der Waals surface area contributed by atoms with Crippen LogP contribution in [-0.2, 0) is 16.5 Å². The van der Waals surface area contributed by atoms with Crippen molar-refractivity contribution >= 4 is 16.8 Å². The van der Waals surface area contributed by atoms with Crippen molar-refractivity contribution in [3.8, 4) is 0 Å². The Balaban J connectivity index is 1.24. The number of hydrogen-bond donors (Lipinski definition) is 1. The maximum absolute atomic E-state index is 13.6. The first-order valence-corrected chi connectivity index (χ1v) is 12.1. The molecule has 0 bridgehead atoms. The Bertz CT molecular complexity index is 1070. The second-order valence-electron chi connectivity index (χ2n) is 11.2. The summed E-state index contributed by atoms with van der Waals surface area (Å²) in [6, 6.07) is 6.41. The van der Waals surface area contributed by atoms with E-state index in [4.69, 9.17) is 9.47 Å². The first-order chi connectivity index (χ1) is 15.5.